The van der Waals surface area contributed by atoms with E-state index in [1.54, 1.807) is 12.0 Å². The van der Waals surface area contributed by atoms with Crippen molar-refractivity contribution in [1.29, 1.82) is 10.8 Å². The van der Waals surface area contributed by atoms with E-state index in [0.717, 1.165) is 23.3 Å². The van der Waals surface area contributed by atoms with Crippen LogP contribution in [0.15, 0.2) is 54.6 Å². The van der Waals surface area contributed by atoms with Gasteiger partial charge in [0.2, 0.25) is 6.41 Å². The van der Waals surface area contributed by atoms with Gasteiger partial charge in [-0.15, -0.1) is 0 Å². The zero-order chi connectivity index (χ0) is 18.8. The molecule has 6 heteroatoms. The molecule has 2 rings (SSSR count). The molecule has 0 bridgehead atoms. The van der Waals surface area contributed by atoms with Crippen molar-refractivity contribution in [2.24, 2.45) is 0 Å². The molecule has 2 aromatic carbocycles. The highest BCUT2D eigenvalue weighted by Gasteiger charge is 2.16. The summed E-state index contributed by atoms with van der Waals surface area (Å²) in [6, 6.07) is 17.5. The molecule has 2 aromatic rings. The van der Waals surface area contributed by atoms with Gasteiger partial charge in [-0.2, -0.15) is 0 Å². The molecule has 0 radical (unpaired) electrons. The van der Waals surface area contributed by atoms with Gasteiger partial charge in [-0.25, -0.2) is 0 Å². The highest BCUT2D eigenvalue weighted by Crippen LogP contribution is 2.14. The maximum atomic E-state index is 10.5. The van der Waals surface area contributed by atoms with Gasteiger partial charge in [0, 0.05) is 6.42 Å². The predicted octanol–water partition coefficient (Wildman–Crippen LogP) is 2.83. The minimum atomic E-state index is 0.0906. The van der Waals surface area contributed by atoms with E-state index in [1.807, 2.05) is 54.6 Å². The molecular formula is C20H24N4O2. The highest BCUT2D eigenvalue weighted by atomic mass is 16.5. The van der Waals surface area contributed by atoms with Crippen LogP contribution >= 0.6 is 0 Å². The lowest BCUT2D eigenvalue weighted by Crippen LogP contribution is -2.40. The number of benzene rings is 2. The number of aryl methyl sites for hydroxylation is 1. The van der Waals surface area contributed by atoms with Crippen molar-refractivity contribution in [2.75, 3.05) is 13.7 Å². The molecule has 0 aliphatic heterocycles. The predicted molar refractivity (Wildman–Crippen MR) is 103 cm³/mol. The van der Waals surface area contributed by atoms with E-state index < -0.39 is 0 Å². The summed E-state index contributed by atoms with van der Waals surface area (Å²) in [5.74, 6) is 1.30. The second-order valence-electron chi connectivity index (χ2n) is 5.81. The lowest BCUT2D eigenvalue weighted by Gasteiger charge is -2.26. The Morgan fingerprint density at radius 2 is 1.73 bits per heavy atom. The van der Waals surface area contributed by atoms with Crippen LogP contribution in [0.4, 0.5) is 0 Å². The third-order valence-electron chi connectivity index (χ3n) is 4.00. The topological polar surface area (TPSA) is 89.3 Å². The number of ether oxygens (including phenoxy) is 1. The van der Waals surface area contributed by atoms with Crippen LogP contribution < -0.4 is 10.1 Å². The van der Waals surface area contributed by atoms with Crippen LogP contribution in [0.2, 0.25) is 0 Å². The molecular weight excluding hydrogens is 328 g/mol. The molecule has 0 unspecified atom stereocenters. The van der Waals surface area contributed by atoms with Gasteiger partial charge in [-0.3, -0.25) is 15.6 Å². The first-order valence-corrected chi connectivity index (χ1v) is 8.40. The van der Waals surface area contributed by atoms with E-state index in [2.05, 4.69) is 5.32 Å². The minimum absolute atomic E-state index is 0.0906. The largest absolute Gasteiger partial charge is 0.497 e. The molecule has 0 atom stereocenters. The monoisotopic (exact) mass is 352 g/mol. The summed E-state index contributed by atoms with van der Waals surface area (Å²) in [6.45, 7) is 0.490. The summed E-state index contributed by atoms with van der Waals surface area (Å²) in [7, 11) is 1.61. The van der Waals surface area contributed by atoms with Gasteiger partial charge in [0.1, 0.15) is 17.4 Å². The lowest BCUT2D eigenvalue weighted by molar-refractivity contribution is -0.109. The summed E-state index contributed by atoms with van der Waals surface area (Å²) in [4.78, 5) is 12.2. The number of carbonyl (C=O) groups excluding carboxylic acids is 1. The zero-order valence-electron chi connectivity index (χ0n) is 14.9. The molecule has 0 aliphatic carbocycles. The minimum Gasteiger partial charge on any atom is -0.497 e. The smallest absolute Gasteiger partial charge is 0.207 e. The number of carbonyl (C=O) groups is 1. The fourth-order valence-electron chi connectivity index (χ4n) is 2.54. The second-order valence-corrected chi connectivity index (χ2v) is 5.81. The quantitative estimate of drug-likeness (QED) is 0.368. The number of hydrogen-bond donors (Lipinski definition) is 3. The van der Waals surface area contributed by atoms with Crippen molar-refractivity contribution in [3.8, 4) is 5.75 Å². The van der Waals surface area contributed by atoms with Crippen LogP contribution in [0.5, 0.6) is 5.75 Å². The van der Waals surface area contributed by atoms with Gasteiger partial charge in [-0.1, -0.05) is 42.5 Å². The van der Waals surface area contributed by atoms with E-state index in [0.29, 0.717) is 25.2 Å². The number of rotatable bonds is 9. The first kappa shape index (κ1) is 19.2. The van der Waals surface area contributed by atoms with Crippen LogP contribution in [-0.4, -0.2) is 36.6 Å². The highest BCUT2D eigenvalue weighted by molar-refractivity contribution is 5.99. The SMILES string of the molecule is COc1ccc(CN(C(=N)CCc2ccccc2)C(=N)CNC=O)cc1. The Balaban J connectivity index is 2.06. The molecule has 0 saturated heterocycles. The number of amides is 1. The molecule has 136 valence electrons. The van der Waals surface area contributed by atoms with Gasteiger partial charge in [0.05, 0.1) is 20.2 Å². The average Bonchev–Trinajstić information content (AvgIpc) is 2.69. The normalized spacial score (nSPS) is 10.0. The van der Waals surface area contributed by atoms with Crippen molar-refractivity contribution in [2.45, 2.75) is 19.4 Å². The standard InChI is InChI=1S/C20H24N4O2/c1-26-18-10-7-17(8-11-18)14-24(20(22)13-23-15-25)19(21)12-9-16-5-3-2-4-6-16/h2-8,10-11,15,21-22H,9,12-14H2,1H3,(H,23,25). The van der Waals surface area contributed by atoms with Crippen molar-refractivity contribution in [1.82, 2.24) is 10.2 Å². The maximum Gasteiger partial charge on any atom is 0.207 e. The Hall–Kier alpha value is -3.15. The Morgan fingerprint density at radius 1 is 1.04 bits per heavy atom. The maximum absolute atomic E-state index is 10.5. The molecule has 0 aromatic heterocycles. The zero-order valence-corrected chi connectivity index (χ0v) is 14.9. The van der Waals surface area contributed by atoms with Gasteiger partial charge in [-0.05, 0) is 29.7 Å². The number of amidine groups is 2. The van der Waals surface area contributed by atoms with E-state index in [4.69, 9.17) is 15.6 Å². The molecule has 0 saturated carbocycles. The Labute approximate surface area is 153 Å². The van der Waals surface area contributed by atoms with Gasteiger partial charge in [0.15, 0.2) is 0 Å². The molecule has 26 heavy (non-hydrogen) atoms. The fraction of sp³-hybridized carbons (Fsp3) is 0.250. The lowest BCUT2D eigenvalue weighted by atomic mass is 10.1. The average molecular weight is 352 g/mol. The Bertz CT molecular complexity index is 729. The molecule has 0 aliphatic rings. The van der Waals surface area contributed by atoms with Crippen molar-refractivity contribution in [3.05, 3.63) is 65.7 Å². The van der Waals surface area contributed by atoms with Crippen LogP contribution in [0.25, 0.3) is 0 Å². The summed E-state index contributed by atoms with van der Waals surface area (Å²) in [5, 5.41) is 19.2. The third-order valence-corrected chi connectivity index (χ3v) is 4.00. The first-order valence-electron chi connectivity index (χ1n) is 8.40. The third kappa shape index (κ3) is 5.73. The van der Waals surface area contributed by atoms with E-state index >= 15 is 0 Å². The van der Waals surface area contributed by atoms with Gasteiger partial charge in [0.25, 0.3) is 0 Å². The number of nitrogens with zero attached hydrogens (tertiary/aromatic N) is 1. The molecule has 3 N–H and O–H groups in total. The number of methoxy groups -OCH3 is 1. The van der Waals surface area contributed by atoms with Crippen molar-refractivity contribution >= 4 is 18.1 Å². The summed E-state index contributed by atoms with van der Waals surface area (Å²) in [5.41, 5.74) is 2.12. The van der Waals surface area contributed by atoms with Gasteiger partial charge < -0.3 is 15.0 Å². The molecule has 6 nitrogen and oxygen atoms in total. The fourth-order valence-corrected chi connectivity index (χ4v) is 2.54. The molecule has 0 spiro atoms. The second kappa shape index (κ2) is 9.98. The molecule has 0 fully saturated rings. The van der Waals surface area contributed by atoms with Crippen LogP contribution in [0.3, 0.4) is 0 Å². The summed E-state index contributed by atoms with van der Waals surface area (Å²) in [6.07, 6.45) is 1.81. The first-order chi connectivity index (χ1) is 12.6. The number of hydrogen-bond acceptors (Lipinski definition) is 4. The molecule has 1 amide bonds. The summed E-state index contributed by atoms with van der Waals surface area (Å²) < 4.78 is 5.16. The Kier molecular flexibility index (Phi) is 7.36. The van der Waals surface area contributed by atoms with Crippen LogP contribution in [0.1, 0.15) is 17.5 Å². The van der Waals surface area contributed by atoms with E-state index in [9.17, 15) is 4.79 Å². The Morgan fingerprint density at radius 3 is 2.35 bits per heavy atom. The number of nitrogens with one attached hydrogen (secondary N) is 3. The van der Waals surface area contributed by atoms with Crippen LogP contribution in [0, 0.1) is 10.8 Å². The van der Waals surface area contributed by atoms with Gasteiger partial charge >= 0.3 is 0 Å². The van der Waals surface area contributed by atoms with Crippen LogP contribution in [-0.2, 0) is 17.8 Å². The van der Waals surface area contributed by atoms with E-state index in [-0.39, 0.29) is 12.4 Å². The van der Waals surface area contributed by atoms with E-state index in [1.165, 1.54) is 0 Å². The van der Waals surface area contributed by atoms with Crippen molar-refractivity contribution < 1.29 is 9.53 Å². The van der Waals surface area contributed by atoms with Crippen molar-refractivity contribution in [3.63, 3.8) is 0 Å². The molecule has 0 heterocycles. The summed E-state index contributed by atoms with van der Waals surface area (Å²) >= 11 is 0.